The second-order valence-corrected chi connectivity index (χ2v) is 7.75. The van der Waals surface area contributed by atoms with E-state index >= 15 is 0 Å². The van der Waals surface area contributed by atoms with Gasteiger partial charge < -0.3 is 14.2 Å². The molecular weight excluding hydrogens is 272 g/mol. The minimum atomic E-state index is -0.361. The molecule has 0 aromatic heterocycles. The molecule has 0 N–H and O–H groups in total. The van der Waals surface area contributed by atoms with E-state index in [1.807, 2.05) is 0 Å². The summed E-state index contributed by atoms with van der Waals surface area (Å²) in [6.45, 7) is 2.17. The first kappa shape index (κ1) is 11.7. The Morgan fingerprint density at radius 3 is 2.48 bits per heavy atom. The van der Waals surface area contributed by atoms with E-state index in [0.717, 1.165) is 12.8 Å². The zero-order valence-electron chi connectivity index (χ0n) is 11.9. The van der Waals surface area contributed by atoms with Gasteiger partial charge in [-0.05, 0) is 12.8 Å². The topological polar surface area (TPSA) is 65.1 Å². The van der Waals surface area contributed by atoms with Crippen molar-refractivity contribution in [1.82, 2.24) is 0 Å². The molecule has 21 heavy (non-hydrogen) atoms. The Morgan fingerprint density at radius 1 is 1.05 bits per heavy atom. The molecule has 9 atom stereocenters. The average Bonchev–Trinajstić information content (AvgIpc) is 2.81. The smallest absolute Gasteiger partial charge is 0.167 e. The highest BCUT2D eigenvalue weighted by Gasteiger charge is 2.85. The summed E-state index contributed by atoms with van der Waals surface area (Å²) in [4.78, 5) is 24.3. The van der Waals surface area contributed by atoms with Gasteiger partial charge in [0.05, 0.1) is 18.3 Å². The Balaban J connectivity index is 1.51. The van der Waals surface area contributed by atoms with Crippen molar-refractivity contribution in [3.63, 3.8) is 0 Å². The molecule has 5 saturated heterocycles. The number of hydrogen-bond donors (Lipinski definition) is 0. The summed E-state index contributed by atoms with van der Waals surface area (Å²) < 4.78 is 18.2. The molecule has 5 heterocycles. The largest absolute Gasteiger partial charge is 0.366 e. The van der Waals surface area contributed by atoms with E-state index in [-0.39, 0.29) is 59.0 Å². The van der Waals surface area contributed by atoms with E-state index in [1.165, 1.54) is 0 Å². The van der Waals surface area contributed by atoms with Gasteiger partial charge in [0.1, 0.15) is 17.8 Å². The summed E-state index contributed by atoms with van der Waals surface area (Å²) in [5.41, 5.74) is -0.438. The van der Waals surface area contributed by atoms with Crippen LogP contribution in [0.4, 0.5) is 0 Å². The number of ether oxygens (including phenoxy) is 3. The molecule has 5 heteroatoms. The molecule has 5 aliphatic heterocycles. The molecule has 6 fully saturated rings. The van der Waals surface area contributed by atoms with Gasteiger partial charge in [-0.2, -0.15) is 0 Å². The summed E-state index contributed by atoms with van der Waals surface area (Å²) in [6, 6.07) is 0. The predicted molar refractivity (Wildman–Crippen MR) is 68.5 cm³/mol. The number of Topliss-reactive ketones (excluding diaryl/α,β-unsaturated/α-hetero) is 2. The molecule has 6 aliphatic rings. The Morgan fingerprint density at radius 2 is 1.71 bits per heavy atom. The molecule has 5 nitrogen and oxygen atoms in total. The average molecular weight is 290 g/mol. The lowest BCUT2D eigenvalue weighted by atomic mass is 9.50. The van der Waals surface area contributed by atoms with Crippen LogP contribution in [0.2, 0.25) is 0 Å². The van der Waals surface area contributed by atoms with Crippen LogP contribution in [0, 0.1) is 17.3 Å². The highest BCUT2D eigenvalue weighted by Crippen LogP contribution is 2.73. The molecule has 0 amide bonds. The van der Waals surface area contributed by atoms with Crippen molar-refractivity contribution in [2.45, 2.75) is 68.7 Å². The summed E-state index contributed by atoms with van der Waals surface area (Å²) >= 11 is 0. The molecule has 0 radical (unpaired) electrons. The molecular formula is C16H18O5. The number of fused-ring (bicyclic) bond motifs is 9. The summed E-state index contributed by atoms with van der Waals surface area (Å²) in [5, 5.41) is 0. The maximum Gasteiger partial charge on any atom is 0.167 e. The Kier molecular flexibility index (Phi) is 1.74. The van der Waals surface area contributed by atoms with Crippen LogP contribution in [0.5, 0.6) is 0 Å². The molecule has 4 bridgehead atoms. The van der Waals surface area contributed by atoms with Crippen LogP contribution in [0.15, 0.2) is 0 Å². The summed E-state index contributed by atoms with van der Waals surface area (Å²) in [5.74, 6) is 1.06. The van der Waals surface area contributed by atoms with E-state index in [0.29, 0.717) is 18.8 Å². The Bertz CT molecular complexity index is 601. The third kappa shape index (κ3) is 0.981. The standard InChI is InChI=1S/C16H18O5/c1-2-15-5-10-16(21-10)12(9-4-7(18)14(16)20-9)11(15)8-3-6(17)13(15)19-8/h8-14H,2-5H2,1H3/t8-,9-,10+,11+,12-,13+,14+,15-,16+/m1/s1. The molecule has 6 rings (SSSR count). The van der Waals surface area contributed by atoms with Gasteiger partial charge in [0.15, 0.2) is 11.6 Å². The zero-order chi connectivity index (χ0) is 14.1. The zero-order valence-corrected chi connectivity index (χ0v) is 11.9. The van der Waals surface area contributed by atoms with Crippen LogP contribution in [-0.4, -0.2) is 47.7 Å². The SMILES string of the molecule is CC[C@@]12C[C@@H]3O[C@]34[C@@H]([C@@H]1[C@H]1CC(=O)[C@@H]2O1)[C@H]1CC(=O)[C@@H]4O1. The first-order valence-corrected chi connectivity index (χ1v) is 8.16. The van der Waals surface area contributed by atoms with Gasteiger partial charge in [0.25, 0.3) is 0 Å². The van der Waals surface area contributed by atoms with E-state index in [9.17, 15) is 9.59 Å². The number of hydrogen-bond acceptors (Lipinski definition) is 5. The minimum absolute atomic E-state index is 0.0122. The fraction of sp³-hybridized carbons (Fsp3) is 0.875. The lowest BCUT2D eigenvalue weighted by molar-refractivity contribution is -0.131. The van der Waals surface area contributed by atoms with Gasteiger partial charge in [0, 0.05) is 30.1 Å². The molecule has 112 valence electrons. The highest BCUT2D eigenvalue weighted by atomic mass is 16.7. The molecule has 0 aromatic rings. The van der Waals surface area contributed by atoms with Crippen LogP contribution >= 0.6 is 0 Å². The molecule has 1 saturated carbocycles. The van der Waals surface area contributed by atoms with Crippen LogP contribution < -0.4 is 0 Å². The van der Waals surface area contributed by atoms with Gasteiger partial charge in [-0.15, -0.1) is 0 Å². The lowest BCUT2D eigenvalue weighted by Crippen LogP contribution is -2.59. The molecule has 0 aromatic carbocycles. The monoisotopic (exact) mass is 290 g/mol. The second-order valence-electron chi connectivity index (χ2n) is 7.75. The molecule has 0 unspecified atom stereocenters. The molecule has 1 spiro atoms. The number of ketones is 2. The maximum absolute atomic E-state index is 12.2. The van der Waals surface area contributed by atoms with Gasteiger partial charge in [-0.3, -0.25) is 9.59 Å². The van der Waals surface area contributed by atoms with Crippen molar-refractivity contribution in [2.75, 3.05) is 0 Å². The molecule has 1 aliphatic carbocycles. The maximum atomic E-state index is 12.2. The van der Waals surface area contributed by atoms with Crippen molar-refractivity contribution in [2.24, 2.45) is 17.3 Å². The lowest BCUT2D eigenvalue weighted by Gasteiger charge is -2.48. The van der Waals surface area contributed by atoms with Crippen LogP contribution in [0.1, 0.15) is 32.6 Å². The third-order valence-corrected chi connectivity index (χ3v) is 7.33. The Hall–Kier alpha value is -0.780. The van der Waals surface area contributed by atoms with E-state index in [4.69, 9.17) is 14.2 Å². The van der Waals surface area contributed by atoms with Crippen molar-refractivity contribution in [3.05, 3.63) is 0 Å². The number of carbonyl (C=O) groups excluding carboxylic acids is 2. The first-order valence-electron chi connectivity index (χ1n) is 8.16. The van der Waals surface area contributed by atoms with Gasteiger partial charge in [0.2, 0.25) is 0 Å². The second kappa shape index (κ2) is 3.12. The first-order chi connectivity index (χ1) is 10.1. The van der Waals surface area contributed by atoms with Crippen molar-refractivity contribution in [1.29, 1.82) is 0 Å². The van der Waals surface area contributed by atoms with E-state index in [2.05, 4.69) is 6.92 Å². The van der Waals surface area contributed by atoms with E-state index in [1.54, 1.807) is 0 Å². The normalized spacial score (nSPS) is 65.5. The third-order valence-electron chi connectivity index (χ3n) is 7.33. The number of carbonyl (C=O) groups is 2. The van der Waals surface area contributed by atoms with Crippen LogP contribution in [0.3, 0.4) is 0 Å². The van der Waals surface area contributed by atoms with Gasteiger partial charge >= 0.3 is 0 Å². The predicted octanol–water partition coefficient (Wildman–Crippen LogP) is 0.637. The van der Waals surface area contributed by atoms with Crippen molar-refractivity contribution >= 4 is 11.6 Å². The van der Waals surface area contributed by atoms with Crippen molar-refractivity contribution in [3.8, 4) is 0 Å². The van der Waals surface area contributed by atoms with Crippen LogP contribution in [0.25, 0.3) is 0 Å². The highest BCUT2D eigenvalue weighted by molar-refractivity contribution is 5.90. The van der Waals surface area contributed by atoms with Gasteiger partial charge in [-0.25, -0.2) is 0 Å². The quantitative estimate of drug-likeness (QED) is 0.663. The number of epoxide rings is 1. The van der Waals surface area contributed by atoms with Gasteiger partial charge in [-0.1, -0.05) is 6.92 Å². The van der Waals surface area contributed by atoms with Crippen molar-refractivity contribution < 1.29 is 23.8 Å². The summed E-state index contributed by atoms with van der Waals surface area (Å²) in [7, 11) is 0. The number of rotatable bonds is 1. The Labute approximate surface area is 122 Å². The fourth-order valence-corrected chi connectivity index (χ4v) is 6.65. The summed E-state index contributed by atoms with van der Waals surface area (Å²) in [6.07, 6.45) is 2.38. The van der Waals surface area contributed by atoms with Crippen LogP contribution in [-0.2, 0) is 23.8 Å². The van der Waals surface area contributed by atoms with E-state index < -0.39 is 0 Å². The minimum Gasteiger partial charge on any atom is -0.366 e. The fourth-order valence-electron chi connectivity index (χ4n) is 6.65.